The lowest BCUT2D eigenvalue weighted by Gasteiger charge is -2.38. The van der Waals surface area contributed by atoms with Crippen molar-refractivity contribution in [1.82, 2.24) is 10.2 Å². The second-order valence-electron chi connectivity index (χ2n) is 7.68. The molecule has 3 N–H and O–H groups in total. The molecule has 158 valence electrons. The van der Waals surface area contributed by atoms with Crippen LogP contribution in [0.4, 0.5) is 0 Å². The van der Waals surface area contributed by atoms with Crippen molar-refractivity contribution < 1.29 is 14.4 Å². The molecule has 0 saturated carbocycles. The predicted octanol–water partition coefficient (Wildman–Crippen LogP) is 3.19. The summed E-state index contributed by atoms with van der Waals surface area (Å²) in [6, 6.07) is 10.5. The van der Waals surface area contributed by atoms with Crippen molar-refractivity contribution in [2.75, 3.05) is 0 Å². The summed E-state index contributed by atoms with van der Waals surface area (Å²) in [4.78, 5) is 39.8. The number of benzene rings is 2. The minimum Gasteiger partial charge on any atom is -0.368 e. The van der Waals surface area contributed by atoms with E-state index in [0.29, 0.717) is 11.4 Å². The van der Waals surface area contributed by atoms with Crippen LogP contribution in [0.15, 0.2) is 42.5 Å². The van der Waals surface area contributed by atoms with E-state index in [9.17, 15) is 14.4 Å². The van der Waals surface area contributed by atoms with Crippen LogP contribution in [0, 0.1) is 5.92 Å². The van der Waals surface area contributed by atoms with Crippen LogP contribution in [-0.4, -0.2) is 34.7 Å². The molecule has 1 aliphatic rings. The van der Waals surface area contributed by atoms with E-state index in [2.05, 4.69) is 5.32 Å². The maximum atomic E-state index is 13.4. The topological polar surface area (TPSA) is 92.5 Å². The van der Waals surface area contributed by atoms with Crippen molar-refractivity contribution in [3.05, 3.63) is 69.2 Å². The molecule has 8 heteroatoms. The Balaban J connectivity index is 1.87. The molecule has 1 aliphatic heterocycles. The molecule has 0 fully saturated rings. The molecule has 6 nitrogen and oxygen atoms in total. The predicted molar refractivity (Wildman–Crippen MR) is 116 cm³/mol. The Morgan fingerprint density at radius 2 is 1.77 bits per heavy atom. The van der Waals surface area contributed by atoms with E-state index < -0.39 is 23.9 Å². The van der Waals surface area contributed by atoms with E-state index >= 15 is 0 Å². The maximum Gasteiger partial charge on any atom is 0.253 e. The molecule has 30 heavy (non-hydrogen) atoms. The normalized spacial score (nSPS) is 16.7. The van der Waals surface area contributed by atoms with Gasteiger partial charge in [-0.05, 0) is 35.2 Å². The summed E-state index contributed by atoms with van der Waals surface area (Å²) in [7, 11) is 0. The number of nitrogens with zero attached hydrogens (tertiary/aromatic N) is 1. The second-order valence-corrected chi connectivity index (χ2v) is 8.52. The molecule has 0 saturated heterocycles. The molecule has 0 radical (unpaired) electrons. The highest BCUT2D eigenvalue weighted by atomic mass is 35.5. The number of amides is 3. The van der Waals surface area contributed by atoms with E-state index in [4.69, 9.17) is 28.9 Å². The number of hydrogen-bond donors (Lipinski definition) is 2. The van der Waals surface area contributed by atoms with Gasteiger partial charge in [-0.1, -0.05) is 61.3 Å². The molecule has 3 rings (SSSR count). The minimum atomic E-state index is -0.851. The highest BCUT2D eigenvalue weighted by Gasteiger charge is 2.38. The van der Waals surface area contributed by atoms with Gasteiger partial charge in [-0.25, -0.2) is 0 Å². The average molecular weight is 448 g/mol. The molecular formula is C22H23Cl2N3O3. The summed E-state index contributed by atoms with van der Waals surface area (Å²) in [5.41, 5.74) is 7.77. The molecule has 2 aromatic rings. The molecule has 0 bridgehead atoms. The lowest BCUT2D eigenvalue weighted by atomic mass is 9.91. The third-order valence-electron chi connectivity index (χ3n) is 5.26. The number of carbonyl (C=O) groups is 3. The number of halogens is 2. The number of hydrogen-bond acceptors (Lipinski definition) is 3. The van der Waals surface area contributed by atoms with Crippen molar-refractivity contribution >= 4 is 40.9 Å². The Labute approximate surface area is 185 Å². The minimum absolute atomic E-state index is 0.192. The van der Waals surface area contributed by atoms with Crippen LogP contribution in [0.2, 0.25) is 10.0 Å². The third kappa shape index (κ3) is 4.60. The van der Waals surface area contributed by atoms with Crippen molar-refractivity contribution in [2.45, 2.75) is 38.9 Å². The Morgan fingerprint density at radius 3 is 2.37 bits per heavy atom. The summed E-state index contributed by atoms with van der Waals surface area (Å²) >= 11 is 12.0. The Morgan fingerprint density at radius 1 is 1.10 bits per heavy atom. The van der Waals surface area contributed by atoms with Gasteiger partial charge in [0.25, 0.3) is 5.91 Å². The monoisotopic (exact) mass is 447 g/mol. The zero-order valence-electron chi connectivity index (χ0n) is 16.7. The van der Waals surface area contributed by atoms with Gasteiger partial charge in [0.1, 0.15) is 12.1 Å². The number of rotatable bonds is 5. The fourth-order valence-corrected chi connectivity index (χ4v) is 4.09. The van der Waals surface area contributed by atoms with Crippen molar-refractivity contribution in [2.24, 2.45) is 11.7 Å². The molecule has 2 aromatic carbocycles. The van der Waals surface area contributed by atoms with Crippen LogP contribution >= 0.6 is 23.2 Å². The second kappa shape index (κ2) is 9.06. The fraction of sp³-hybridized carbons (Fsp3) is 0.318. The molecule has 2 unspecified atom stereocenters. The van der Waals surface area contributed by atoms with Crippen LogP contribution in [0.25, 0.3) is 0 Å². The van der Waals surface area contributed by atoms with Gasteiger partial charge in [0.15, 0.2) is 0 Å². The Kier molecular flexibility index (Phi) is 6.68. The van der Waals surface area contributed by atoms with Crippen LogP contribution in [0.3, 0.4) is 0 Å². The van der Waals surface area contributed by atoms with Crippen molar-refractivity contribution in [3.8, 4) is 0 Å². The Hall–Kier alpha value is -2.57. The average Bonchev–Trinajstić information content (AvgIpc) is 2.70. The molecule has 1 heterocycles. The van der Waals surface area contributed by atoms with Crippen LogP contribution in [0.1, 0.15) is 35.3 Å². The quantitative estimate of drug-likeness (QED) is 0.736. The molecule has 0 aliphatic carbocycles. The summed E-state index contributed by atoms with van der Waals surface area (Å²) in [5.74, 6) is -1.65. The summed E-state index contributed by atoms with van der Waals surface area (Å²) < 4.78 is 0. The highest BCUT2D eigenvalue weighted by molar-refractivity contribution is 6.36. The molecular weight excluding hydrogens is 425 g/mol. The number of nitrogens with one attached hydrogen (secondary N) is 1. The van der Waals surface area contributed by atoms with Crippen LogP contribution in [0.5, 0.6) is 0 Å². The first-order valence-corrected chi connectivity index (χ1v) is 10.4. The highest BCUT2D eigenvalue weighted by Crippen LogP contribution is 2.26. The van der Waals surface area contributed by atoms with Gasteiger partial charge in [0, 0.05) is 18.0 Å². The van der Waals surface area contributed by atoms with Crippen LogP contribution in [-0.2, 0) is 22.6 Å². The number of primary amides is 1. The van der Waals surface area contributed by atoms with E-state index in [-0.39, 0.29) is 29.0 Å². The number of nitrogens with two attached hydrogens (primary N) is 1. The van der Waals surface area contributed by atoms with E-state index in [1.54, 1.807) is 6.07 Å². The summed E-state index contributed by atoms with van der Waals surface area (Å²) in [5, 5.41) is 3.36. The van der Waals surface area contributed by atoms with Gasteiger partial charge in [-0.15, -0.1) is 0 Å². The van der Waals surface area contributed by atoms with Crippen LogP contribution < -0.4 is 11.1 Å². The zero-order chi connectivity index (χ0) is 22.0. The summed E-state index contributed by atoms with van der Waals surface area (Å²) in [6.07, 6.45) is 0.346. The number of fused-ring (bicyclic) bond motifs is 1. The van der Waals surface area contributed by atoms with Gasteiger partial charge < -0.3 is 16.0 Å². The first-order valence-electron chi connectivity index (χ1n) is 9.61. The number of carbonyl (C=O) groups excluding carboxylic acids is 3. The SMILES string of the molecule is CC(C)C(NC(=O)c1ccc(Cl)cc1Cl)C(=O)N1Cc2ccccc2CC1C(N)=O. The van der Waals surface area contributed by atoms with E-state index in [1.807, 2.05) is 38.1 Å². The van der Waals surface area contributed by atoms with Gasteiger partial charge in [-0.3, -0.25) is 14.4 Å². The zero-order valence-corrected chi connectivity index (χ0v) is 18.2. The standard InChI is InChI=1S/C22H23Cl2N3O3/c1-12(2)19(26-21(29)16-8-7-15(23)10-17(16)24)22(30)27-11-14-6-4-3-5-13(14)9-18(27)20(25)28/h3-8,10,12,18-19H,9,11H2,1-2H3,(H2,25,28)(H,26,29). The first-order chi connectivity index (χ1) is 14.2. The smallest absolute Gasteiger partial charge is 0.253 e. The third-order valence-corrected chi connectivity index (χ3v) is 5.80. The summed E-state index contributed by atoms with van der Waals surface area (Å²) in [6.45, 7) is 3.90. The molecule has 0 aromatic heterocycles. The molecule has 0 spiro atoms. The lowest BCUT2D eigenvalue weighted by molar-refractivity contribution is -0.143. The molecule has 3 amide bonds. The van der Waals surface area contributed by atoms with Crippen molar-refractivity contribution in [3.63, 3.8) is 0 Å². The maximum absolute atomic E-state index is 13.4. The fourth-order valence-electron chi connectivity index (χ4n) is 3.59. The Bertz CT molecular complexity index is 993. The lowest BCUT2D eigenvalue weighted by Crippen LogP contribution is -2.58. The molecule has 2 atom stereocenters. The first kappa shape index (κ1) is 22.1. The van der Waals surface area contributed by atoms with E-state index in [0.717, 1.165) is 11.1 Å². The van der Waals surface area contributed by atoms with Crippen molar-refractivity contribution in [1.29, 1.82) is 0 Å². The van der Waals surface area contributed by atoms with Gasteiger partial charge in [0.05, 0.1) is 10.6 Å². The van der Waals surface area contributed by atoms with Gasteiger partial charge in [-0.2, -0.15) is 0 Å². The van der Waals surface area contributed by atoms with E-state index in [1.165, 1.54) is 17.0 Å². The largest absolute Gasteiger partial charge is 0.368 e. The van der Waals surface area contributed by atoms with Gasteiger partial charge in [0.2, 0.25) is 11.8 Å². The van der Waals surface area contributed by atoms with Gasteiger partial charge >= 0.3 is 0 Å².